The zero-order valence-electron chi connectivity index (χ0n) is 11.4. The van der Waals surface area contributed by atoms with E-state index < -0.39 is 0 Å². The van der Waals surface area contributed by atoms with Crippen LogP contribution in [-0.4, -0.2) is 35.8 Å². The van der Waals surface area contributed by atoms with E-state index in [2.05, 4.69) is 21.2 Å². The van der Waals surface area contributed by atoms with Gasteiger partial charge in [-0.2, -0.15) is 0 Å². The molecular weight excluding hydrogens is 320 g/mol. The average Bonchev–Trinajstić information content (AvgIpc) is 2.83. The van der Waals surface area contributed by atoms with E-state index in [1.165, 1.54) is 0 Å². The van der Waals surface area contributed by atoms with Crippen molar-refractivity contribution in [3.05, 3.63) is 33.8 Å². The number of likely N-dealkylation sites (tertiary alicyclic amines) is 1. The monoisotopic (exact) mass is 336 g/mol. The van der Waals surface area contributed by atoms with Crippen LogP contribution in [0.4, 0.5) is 0 Å². The highest BCUT2D eigenvalue weighted by molar-refractivity contribution is 9.10. The third kappa shape index (κ3) is 2.24. The summed E-state index contributed by atoms with van der Waals surface area (Å²) in [5, 5.41) is 2.88. The molecule has 1 aromatic carbocycles. The summed E-state index contributed by atoms with van der Waals surface area (Å²) < 4.78 is 0.942. The molecule has 5 heteroatoms. The summed E-state index contributed by atoms with van der Waals surface area (Å²) in [5.41, 5.74) is 1.79. The molecule has 2 aliphatic rings. The van der Waals surface area contributed by atoms with Gasteiger partial charge in [0.1, 0.15) is 0 Å². The lowest BCUT2D eigenvalue weighted by Crippen LogP contribution is -2.48. The van der Waals surface area contributed by atoms with Gasteiger partial charge in [-0.05, 0) is 37.5 Å². The Bertz CT molecular complexity index is 573. The van der Waals surface area contributed by atoms with Crippen molar-refractivity contribution >= 4 is 27.7 Å². The number of fused-ring (bicyclic) bond motifs is 1. The van der Waals surface area contributed by atoms with Crippen LogP contribution in [0.25, 0.3) is 0 Å². The molecule has 0 aliphatic carbocycles. The Labute approximate surface area is 126 Å². The second kappa shape index (κ2) is 5.20. The third-order valence-corrected chi connectivity index (χ3v) is 5.14. The van der Waals surface area contributed by atoms with Crippen LogP contribution >= 0.6 is 15.9 Å². The van der Waals surface area contributed by atoms with Gasteiger partial charge in [0.2, 0.25) is 5.91 Å². The summed E-state index contributed by atoms with van der Waals surface area (Å²) >= 11 is 3.47. The number of nitrogens with zero attached hydrogens (tertiary/aromatic N) is 1. The molecule has 2 atom stereocenters. The highest BCUT2D eigenvalue weighted by atomic mass is 79.9. The quantitative estimate of drug-likeness (QED) is 0.853. The van der Waals surface area contributed by atoms with E-state index in [0.717, 1.165) is 29.4 Å². The fourth-order valence-electron chi connectivity index (χ4n) is 3.10. The van der Waals surface area contributed by atoms with Gasteiger partial charge in [-0.25, -0.2) is 0 Å². The van der Waals surface area contributed by atoms with Gasteiger partial charge in [0.25, 0.3) is 5.91 Å². The van der Waals surface area contributed by atoms with Crippen molar-refractivity contribution in [2.75, 3.05) is 13.1 Å². The van der Waals surface area contributed by atoms with Crippen molar-refractivity contribution in [3.8, 4) is 0 Å². The van der Waals surface area contributed by atoms with Crippen molar-refractivity contribution in [2.45, 2.75) is 25.8 Å². The molecule has 3 rings (SSSR count). The van der Waals surface area contributed by atoms with Crippen molar-refractivity contribution in [2.24, 2.45) is 5.92 Å². The van der Waals surface area contributed by atoms with Crippen LogP contribution in [0.1, 0.15) is 28.8 Å². The second-order valence-corrected chi connectivity index (χ2v) is 6.38. The Morgan fingerprint density at radius 1 is 1.45 bits per heavy atom. The molecule has 2 saturated heterocycles. The van der Waals surface area contributed by atoms with Gasteiger partial charge in [-0.3, -0.25) is 9.59 Å². The number of rotatable bonds is 1. The minimum Gasteiger partial charge on any atom is -0.354 e. The van der Waals surface area contributed by atoms with Crippen LogP contribution in [0, 0.1) is 12.8 Å². The number of hydrogen-bond acceptors (Lipinski definition) is 2. The summed E-state index contributed by atoms with van der Waals surface area (Å²) in [6.07, 6.45) is 1.78. The number of carbonyl (C=O) groups is 2. The Kier molecular flexibility index (Phi) is 3.54. The lowest BCUT2D eigenvalue weighted by atomic mass is 9.91. The van der Waals surface area contributed by atoms with Crippen LogP contribution in [-0.2, 0) is 4.79 Å². The van der Waals surface area contributed by atoms with E-state index >= 15 is 0 Å². The molecule has 2 fully saturated rings. The van der Waals surface area contributed by atoms with E-state index in [-0.39, 0.29) is 23.8 Å². The first-order valence-electron chi connectivity index (χ1n) is 6.93. The summed E-state index contributed by atoms with van der Waals surface area (Å²) in [6, 6.07) is 5.68. The van der Waals surface area contributed by atoms with Crippen molar-refractivity contribution < 1.29 is 9.59 Å². The first kappa shape index (κ1) is 13.6. The van der Waals surface area contributed by atoms with Gasteiger partial charge in [0.15, 0.2) is 0 Å². The molecule has 4 nitrogen and oxygen atoms in total. The Hall–Kier alpha value is -1.36. The highest BCUT2D eigenvalue weighted by Crippen LogP contribution is 2.29. The predicted molar refractivity (Wildman–Crippen MR) is 79.4 cm³/mol. The van der Waals surface area contributed by atoms with Crippen LogP contribution in [0.5, 0.6) is 0 Å². The molecule has 20 heavy (non-hydrogen) atoms. The van der Waals surface area contributed by atoms with E-state index in [1.54, 1.807) is 0 Å². The molecular formula is C15H17BrN2O2. The van der Waals surface area contributed by atoms with E-state index in [9.17, 15) is 9.59 Å². The van der Waals surface area contributed by atoms with Crippen LogP contribution < -0.4 is 5.32 Å². The molecule has 0 spiro atoms. The number of amides is 2. The number of halogens is 1. The molecule has 1 aromatic rings. The van der Waals surface area contributed by atoms with Crippen molar-refractivity contribution in [1.29, 1.82) is 0 Å². The minimum atomic E-state index is -0.0263. The average molecular weight is 337 g/mol. The Morgan fingerprint density at radius 3 is 3.00 bits per heavy atom. The molecule has 2 amide bonds. The number of carbonyl (C=O) groups excluding carboxylic acids is 2. The van der Waals surface area contributed by atoms with Gasteiger partial charge in [-0.15, -0.1) is 0 Å². The fourth-order valence-corrected chi connectivity index (χ4v) is 3.47. The molecule has 106 valence electrons. The maximum Gasteiger partial charge on any atom is 0.254 e. The number of nitrogens with one attached hydrogen (secondary N) is 1. The minimum absolute atomic E-state index is 0.0174. The summed E-state index contributed by atoms with van der Waals surface area (Å²) in [6.45, 7) is 3.32. The number of hydrogen-bond donors (Lipinski definition) is 1. The van der Waals surface area contributed by atoms with Gasteiger partial charge < -0.3 is 10.2 Å². The molecule has 2 unspecified atom stereocenters. The van der Waals surface area contributed by atoms with Gasteiger partial charge >= 0.3 is 0 Å². The largest absolute Gasteiger partial charge is 0.354 e. The van der Waals surface area contributed by atoms with E-state index in [4.69, 9.17) is 0 Å². The lowest BCUT2D eigenvalue weighted by Gasteiger charge is -2.36. The second-order valence-electron chi connectivity index (χ2n) is 5.52. The fraction of sp³-hybridized carbons (Fsp3) is 0.467. The zero-order valence-corrected chi connectivity index (χ0v) is 12.9. The maximum absolute atomic E-state index is 12.7. The number of piperidine rings is 1. The molecule has 2 aliphatic heterocycles. The van der Waals surface area contributed by atoms with Gasteiger partial charge in [0.05, 0.1) is 12.0 Å². The molecule has 0 aromatic heterocycles. The predicted octanol–water partition coefficient (Wildman–Crippen LogP) is 2.11. The van der Waals surface area contributed by atoms with Crippen molar-refractivity contribution in [3.63, 3.8) is 0 Å². The molecule has 0 saturated carbocycles. The van der Waals surface area contributed by atoms with Crippen molar-refractivity contribution in [1.82, 2.24) is 10.2 Å². The zero-order chi connectivity index (χ0) is 14.3. The van der Waals surface area contributed by atoms with E-state index in [0.29, 0.717) is 12.1 Å². The number of benzene rings is 1. The standard InChI is InChI=1S/C15H17BrN2O2/c1-9-4-5-10(7-12(9)16)15(20)18-6-2-3-11-13(18)8-17-14(11)19/h4-5,7,11,13H,2-3,6,8H2,1H3,(H,17,19). The van der Waals surface area contributed by atoms with Gasteiger partial charge in [-0.1, -0.05) is 22.0 Å². The SMILES string of the molecule is Cc1ccc(C(=O)N2CCCC3C(=O)NCC32)cc1Br. The first-order valence-corrected chi connectivity index (χ1v) is 7.72. The molecule has 0 radical (unpaired) electrons. The first-order chi connectivity index (χ1) is 9.58. The Morgan fingerprint density at radius 2 is 2.25 bits per heavy atom. The maximum atomic E-state index is 12.7. The topological polar surface area (TPSA) is 49.4 Å². The van der Waals surface area contributed by atoms with Gasteiger partial charge in [0, 0.05) is 23.1 Å². The lowest BCUT2D eigenvalue weighted by molar-refractivity contribution is -0.123. The molecule has 0 bridgehead atoms. The van der Waals surface area contributed by atoms with Crippen LogP contribution in [0.2, 0.25) is 0 Å². The van der Waals surface area contributed by atoms with Crippen LogP contribution in [0.3, 0.4) is 0 Å². The highest BCUT2D eigenvalue weighted by Gasteiger charge is 2.42. The molecule has 1 N–H and O–H groups in total. The third-order valence-electron chi connectivity index (χ3n) is 4.28. The molecule has 2 heterocycles. The number of aryl methyl sites for hydroxylation is 1. The Balaban J connectivity index is 1.86. The summed E-state index contributed by atoms with van der Waals surface area (Å²) in [5.74, 6) is 0.0936. The normalized spacial score (nSPS) is 25.3. The van der Waals surface area contributed by atoms with Crippen LogP contribution in [0.15, 0.2) is 22.7 Å². The summed E-state index contributed by atoms with van der Waals surface area (Å²) in [7, 11) is 0. The summed E-state index contributed by atoms with van der Waals surface area (Å²) in [4.78, 5) is 26.3. The van der Waals surface area contributed by atoms with E-state index in [1.807, 2.05) is 30.0 Å². The smallest absolute Gasteiger partial charge is 0.254 e.